The van der Waals surface area contributed by atoms with Gasteiger partial charge in [-0.3, -0.25) is 0 Å². The summed E-state index contributed by atoms with van der Waals surface area (Å²) in [6.45, 7) is 11.1. The van der Waals surface area contributed by atoms with E-state index in [2.05, 4.69) is 33.9 Å². The molecule has 0 radical (unpaired) electrons. The molecule has 4 heteroatoms. The van der Waals surface area contributed by atoms with Gasteiger partial charge in [-0.1, -0.05) is 20.8 Å². The largest absolute Gasteiger partial charge is 0.409 e. The number of hydrogen-bond acceptors (Lipinski definition) is 3. The van der Waals surface area contributed by atoms with E-state index in [1.54, 1.807) is 0 Å². The van der Waals surface area contributed by atoms with Gasteiger partial charge in [-0.25, -0.2) is 0 Å². The minimum Gasteiger partial charge on any atom is -0.409 e. The van der Waals surface area contributed by atoms with E-state index in [0.717, 1.165) is 12.8 Å². The molecule has 2 rings (SSSR count). The molecule has 0 spiro atoms. The first-order valence-corrected chi connectivity index (χ1v) is 9.14. The van der Waals surface area contributed by atoms with Gasteiger partial charge < -0.3 is 14.3 Å². The molecule has 0 amide bonds. The summed E-state index contributed by atoms with van der Waals surface area (Å²) in [5, 5.41) is 10.3. The first kappa shape index (κ1) is 12.6. The molecule has 0 aliphatic carbocycles. The van der Waals surface area contributed by atoms with E-state index < -0.39 is 14.4 Å². The predicted octanol–water partition coefficient (Wildman–Crippen LogP) is 2.30. The molecule has 0 aromatic carbocycles. The maximum Gasteiger partial charge on any atom is 0.192 e. The molecule has 2 fully saturated rings. The lowest BCUT2D eigenvalue weighted by Crippen LogP contribution is -2.50. The Kier molecular flexibility index (Phi) is 2.98. The van der Waals surface area contributed by atoms with Gasteiger partial charge in [0.2, 0.25) is 0 Å². The molecule has 2 saturated heterocycles. The third-order valence-electron chi connectivity index (χ3n) is 4.41. The quantitative estimate of drug-likeness (QED) is 0.758. The predicted molar refractivity (Wildman–Crippen MR) is 66.0 cm³/mol. The van der Waals surface area contributed by atoms with Crippen LogP contribution in [0.25, 0.3) is 0 Å². The van der Waals surface area contributed by atoms with Crippen molar-refractivity contribution in [2.45, 2.75) is 76.2 Å². The van der Waals surface area contributed by atoms with E-state index in [-0.39, 0.29) is 23.4 Å². The molecule has 4 atom stereocenters. The summed E-state index contributed by atoms with van der Waals surface area (Å²) in [5.74, 6) is 0. The van der Waals surface area contributed by atoms with E-state index in [4.69, 9.17) is 9.16 Å². The Bertz CT molecular complexity index is 270. The van der Waals surface area contributed by atoms with Crippen LogP contribution in [0.2, 0.25) is 18.1 Å². The van der Waals surface area contributed by atoms with E-state index in [1.807, 2.05) is 0 Å². The number of rotatable bonds is 2. The molecule has 1 N–H and O–H groups in total. The van der Waals surface area contributed by atoms with Crippen molar-refractivity contribution in [3.05, 3.63) is 0 Å². The van der Waals surface area contributed by atoms with Crippen molar-refractivity contribution >= 4 is 8.32 Å². The Morgan fingerprint density at radius 2 is 1.75 bits per heavy atom. The summed E-state index contributed by atoms with van der Waals surface area (Å²) in [4.78, 5) is 0. The standard InChI is InChI=1S/C12H24O3Si/c1-12(2,3)16(4,5)15-11-9-7-6-8(14-9)10(11)13/h8-11,13H,6-7H2,1-5H3/t8-,9+,10-,11-/m0/s1. The zero-order chi connectivity index (χ0) is 12.1. The number of ether oxygens (including phenoxy) is 1. The molecule has 3 nitrogen and oxygen atoms in total. The average Bonchev–Trinajstić information content (AvgIpc) is 2.67. The summed E-state index contributed by atoms with van der Waals surface area (Å²) in [7, 11) is -1.79. The highest BCUT2D eigenvalue weighted by molar-refractivity contribution is 6.74. The fourth-order valence-electron chi connectivity index (χ4n) is 2.28. The van der Waals surface area contributed by atoms with E-state index in [1.165, 1.54) is 0 Å². The lowest BCUT2D eigenvalue weighted by atomic mass is 9.95. The van der Waals surface area contributed by atoms with E-state index in [0.29, 0.717) is 0 Å². The molecule has 2 aliphatic heterocycles. The monoisotopic (exact) mass is 244 g/mol. The first-order valence-electron chi connectivity index (χ1n) is 6.24. The van der Waals surface area contributed by atoms with Crippen molar-refractivity contribution in [1.29, 1.82) is 0 Å². The Balaban J connectivity index is 2.05. The number of aliphatic hydroxyl groups is 1. The average molecular weight is 244 g/mol. The topological polar surface area (TPSA) is 38.7 Å². The summed E-state index contributed by atoms with van der Waals surface area (Å²) >= 11 is 0. The van der Waals surface area contributed by atoms with Gasteiger partial charge in [-0.2, -0.15) is 0 Å². The van der Waals surface area contributed by atoms with Crippen molar-refractivity contribution in [3.8, 4) is 0 Å². The van der Waals surface area contributed by atoms with Crippen LogP contribution in [0.15, 0.2) is 0 Å². The number of hydrogen-bond donors (Lipinski definition) is 1. The molecule has 2 aliphatic rings. The number of aliphatic hydroxyl groups excluding tert-OH is 1. The summed E-state index contributed by atoms with van der Waals surface area (Å²) < 4.78 is 12.0. The Morgan fingerprint density at radius 3 is 2.19 bits per heavy atom. The van der Waals surface area contributed by atoms with Crippen LogP contribution in [0.4, 0.5) is 0 Å². The van der Waals surface area contributed by atoms with E-state index >= 15 is 0 Å². The minimum absolute atomic E-state index is 0.0276. The summed E-state index contributed by atoms with van der Waals surface area (Å²) in [6, 6.07) is 0. The van der Waals surface area contributed by atoms with Crippen LogP contribution in [-0.4, -0.2) is 37.8 Å². The summed E-state index contributed by atoms with van der Waals surface area (Å²) in [6.07, 6.45) is 1.70. The van der Waals surface area contributed by atoms with Crippen LogP contribution in [0.3, 0.4) is 0 Å². The van der Waals surface area contributed by atoms with Crippen LogP contribution in [0.1, 0.15) is 33.6 Å². The third kappa shape index (κ3) is 1.96. The van der Waals surface area contributed by atoms with Crippen LogP contribution < -0.4 is 0 Å². The van der Waals surface area contributed by atoms with Gasteiger partial charge in [0, 0.05) is 0 Å². The second-order valence-electron chi connectivity index (χ2n) is 6.62. The normalized spacial score (nSPS) is 39.4. The smallest absolute Gasteiger partial charge is 0.192 e. The molecule has 2 bridgehead atoms. The molecular formula is C12H24O3Si. The van der Waals surface area contributed by atoms with Crippen LogP contribution in [0, 0.1) is 0 Å². The van der Waals surface area contributed by atoms with Gasteiger partial charge in [-0.15, -0.1) is 0 Å². The lowest BCUT2D eigenvalue weighted by molar-refractivity contribution is 0.0197. The molecule has 0 aromatic rings. The maximum absolute atomic E-state index is 10.1. The van der Waals surface area contributed by atoms with Crippen molar-refractivity contribution in [2.75, 3.05) is 0 Å². The fourth-order valence-corrected chi connectivity index (χ4v) is 3.60. The van der Waals surface area contributed by atoms with Gasteiger partial charge in [-0.05, 0) is 31.0 Å². The molecule has 0 unspecified atom stereocenters. The second-order valence-corrected chi connectivity index (χ2v) is 11.4. The van der Waals surface area contributed by atoms with Crippen LogP contribution >= 0.6 is 0 Å². The Labute approximate surface area is 99.3 Å². The van der Waals surface area contributed by atoms with E-state index in [9.17, 15) is 5.11 Å². The minimum atomic E-state index is -1.79. The zero-order valence-corrected chi connectivity index (χ0v) is 12.0. The van der Waals surface area contributed by atoms with Gasteiger partial charge in [0.25, 0.3) is 0 Å². The molecule has 16 heavy (non-hydrogen) atoms. The highest BCUT2D eigenvalue weighted by Gasteiger charge is 2.52. The highest BCUT2D eigenvalue weighted by Crippen LogP contribution is 2.43. The van der Waals surface area contributed by atoms with Crippen molar-refractivity contribution < 1.29 is 14.3 Å². The van der Waals surface area contributed by atoms with Gasteiger partial charge in [0.15, 0.2) is 8.32 Å². The van der Waals surface area contributed by atoms with Crippen LogP contribution in [-0.2, 0) is 9.16 Å². The highest BCUT2D eigenvalue weighted by atomic mass is 28.4. The first-order chi connectivity index (χ1) is 7.22. The lowest BCUT2D eigenvalue weighted by Gasteiger charge is -2.40. The second kappa shape index (κ2) is 3.80. The fraction of sp³-hybridized carbons (Fsp3) is 1.00. The van der Waals surface area contributed by atoms with Crippen molar-refractivity contribution in [2.24, 2.45) is 0 Å². The number of fused-ring (bicyclic) bond motifs is 2. The van der Waals surface area contributed by atoms with Gasteiger partial charge in [0.1, 0.15) is 6.10 Å². The molecule has 2 heterocycles. The van der Waals surface area contributed by atoms with Gasteiger partial charge >= 0.3 is 0 Å². The molecular weight excluding hydrogens is 220 g/mol. The Morgan fingerprint density at radius 1 is 1.19 bits per heavy atom. The molecule has 0 saturated carbocycles. The van der Waals surface area contributed by atoms with Crippen molar-refractivity contribution in [1.82, 2.24) is 0 Å². The third-order valence-corrected chi connectivity index (χ3v) is 8.88. The van der Waals surface area contributed by atoms with Crippen LogP contribution in [0.5, 0.6) is 0 Å². The molecule has 94 valence electrons. The maximum atomic E-state index is 10.1. The van der Waals surface area contributed by atoms with Crippen molar-refractivity contribution in [3.63, 3.8) is 0 Å². The molecule has 0 aromatic heterocycles. The summed E-state index contributed by atoms with van der Waals surface area (Å²) in [5.41, 5.74) is 0. The zero-order valence-electron chi connectivity index (χ0n) is 11.0. The Hall–Kier alpha value is 0.0969. The SMILES string of the molecule is CC(C)(C)[Si](C)(C)O[C@@H]1[C@@H](O)[C@@H]2CC[C@H]1O2. The van der Waals surface area contributed by atoms with Gasteiger partial charge in [0.05, 0.1) is 18.3 Å².